The number of benzene rings is 3. The van der Waals surface area contributed by atoms with Crippen LogP contribution in [0.2, 0.25) is 0 Å². The summed E-state index contributed by atoms with van der Waals surface area (Å²) in [5, 5.41) is 16.7. The Morgan fingerprint density at radius 1 is 0.652 bits per heavy atom. The zero-order valence-corrected chi connectivity index (χ0v) is 41.5. The lowest BCUT2D eigenvalue weighted by atomic mass is 9.97. The van der Waals surface area contributed by atoms with E-state index in [4.69, 9.17) is 0 Å². The highest BCUT2D eigenvalue weighted by molar-refractivity contribution is 5.95. The lowest BCUT2D eigenvalue weighted by molar-refractivity contribution is 0.0780. The number of nitrogens with one attached hydrogen (secondary N) is 2. The molecule has 4 aromatic heterocycles. The Kier molecular flexibility index (Phi) is 17.5. The van der Waals surface area contributed by atoms with Gasteiger partial charge in [-0.25, -0.2) is 9.36 Å². The summed E-state index contributed by atoms with van der Waals surface area (Å²) in [5.41, 5.74) is 5.38. The first-order valence-electron chi connectivity index (χ1n) is 23.5. The predicted octanol–water partition coefficient (Wildman–Crippen LogP) is 7.01. The molecular weight excluding hydrogens is 869 g/mol. The fourth-order valence-electron chi connectivity index (χ4n) is 8.63. The average molecular weight is 935 g/mol. The minimum Gasteiger partial charge on any atom is -0.365 e. The van der Waals surface area contributed by atoms with Crippen molar-refractivity contribution >= 4 is 45.3 Å². The molecule has 2 N–H and O–H groups in total. The monoisotopic (exact) mass is 935 g/mol. The molecule has 3 aromatic carbocycles. The molecule has 362 valence electrons. The summed E-state index contributed by atoms with van der Waals surface area (Å²) in [4.78, 5) is 67.0. The number of carbonyl (C=O) groups excluding carboxylic acids is 2. The molecule has 0 aliphatic carbocycles. The van der Waals surface area contributed by atoms with Crippen molar-refractivity contribution in [2.24, 2.45) is 14.1 Å². The van der Waals surface area contributed by atoms with E-state index in [1.165, 1.54) is 9.36 Å². The van der Waals surface area contributed by atoms with Crippen molar-refractivity contribution in [2.75, 3.05) is 65.5 Å². The average Bonchev–Trinajstić information content (AvgIpc) is 3.91. The maximum atomic E-state index is 13.0. The number of hydrogen-bond donors (Lipinski definition) is 2. The van der Waals surface area contributed by atoms with Gasteiger partial charge in [-0.1, -0.05) is 68.4 Å². The van der Waals surface area contributed by atoms with Gasteiger partial charge in [0.1, 0.15) is 11.0 Å². The largest absolute Gasteiger partial charge is 0.365 e. The summed E-state index contributed by atoms with van der Waals surface area (Å²) in [7, 11) is 13.1. The molecule has 16 heteroatoms. The molecule has 2 unspecified atom stereocenters. The molecule has 0 saturated carbocycles. The van der Waals surface area contributed by atoms with Crippen LogP contribution in [0.3, 0.4) is 0 Å². The molecule has 5 heterocycles. The number of aromatic nitrogens is 6. The highest BCUT2D eigenvalue weighted by Crippen LogP contribution is 2.27. The molecule has 16 nitrogen and oxygen atoms in total. The van der Waals surface area contributed by atoms with Crippen LogP contribution in [0, 0.1) is 0 Å². The molecule has 2 amide bonds. The summed E-state index contributed by atoms with van der Waals surface area (Å²) in [6, 6.07) is 32.5. The molecule has 69 heavy (non-hydrogen) atoms. The summed E-state index contributed by atoms with van der Waals surface area (Å²) < 4.78 is 2.66. The van der Waals surface area contributed by atoms with Gasteiger partial charge in [-0.15, -0.1) is 0 Å². The van der Waals surface area contributed by atoms with Gasteiger partial charge in [-0.3, -0.25) is 29.1 Å². The Bertz CT molecular complexity index is 2930. The predicted molar refractivity (Wildman–Crippen MR) is 276 cm³/mol. The van der Waals surface area contributed by atoms with Crippen LogP contribution in [0.4, 0.5) is 11.6 Å². The van der Waals surface area contributed by atoms with Crippen molar-refractivity contribution in [3.05, 3.63) is 164 Å². The Morgan fingerprint density at radius 2 is 1.17 bits per heavy atom. The molecule has 0 spiro atoms. The first-order valence-corrected chi connectivity index (χ1v) is 23.5. The minimum absolute atomic E-state index is 0.0194. The zero-order valence-electron chi connectivity index (χ0n) is 41.5. The maximum Gasteiger partial charge on any atom is 0.276 e. The normalized spacial score (nSPS) is 13.5. The maximum absolute atomic E-state index is 13.0. The molecule has 7 aromatic rings. The van der Waals surface area contributed by atoms with Crippen LogP contribution in [-0.2, 0) is 20.6 Å². The Labute approximate surface area is 404 Å². The quantitative estimate of drug-likeness (QED) is 0.115. The van der Waals surface area contributed by atoms with E-state index >= 15 is 0 Å². The molecule has 1 aliphatic rings. The third-order valence-electron chi connectivity index (χ3n) is 12.1. The van der Waals surface area contributed by atoms with E-state index in [0.29, 0.717) is 52.1 Å². The number of hydrogen-bond acceptors (Lipinski definition) is 12. The highest BCUT2D eigenvalue weighted by atomic mass is 16.2. The fraction of sp³-hybridized carbons (Fsp3) is 0.358. The van der Waals surface area contributed by atoms with Gasteiger partial charge in [0.2, 0.25) is 0 Å². The Balaban J connectivity index is 0.000000221. The lowest BCUT2D eigenvalue weighted by Gasteiger charge is -2.31. The fourth-order valence-corrected chi connectivity index (χ4v) is 8.63. The van der Waals surface area contributed by atoms with Gasteiger partial charge in [-0.05, 0) is 113 Å². The number of aryl methyl sites for hydroxylation is 2. The van der Waals surface area contributed by atoms with Crippen LogP contribution in [0.5, 0.6) is 0 Å². The third-order valence-corrected chi connectivity index (χ3v) is 12.1. The van der Waals surface area contributed by atoms with Crippen molar-refractivity contribution in [3.63, 3.8) is 0 Å². The minimum atomic E-state index is -0.182. The Morgan fingerprint density at radius 3 is 1.72 bits per heavy atom. The second-order valence-corrected chi connectivity index (χ2v) is 17.4. The van der Waals surface area contributed by atoms with Gasteiger partial charge >= 0.3 is 0 Å². The van der Waals surface area contributed by atoms with Gasteiger partial charge in [0.15, 0.2) is 11.6 Å². The van der Waals surface area contributed by atoms with Crippen molar-refractivity contribution in [3.8, 4) is 0 Å². The number of fused-ring (bicyclic) bond motifs is 2. The van der Waals surface area contributed by atoms with Crippen LogP contribution < -0.4 is 21.8 Å². The number of likely N-dealkylation sites (N-methyl/N-ethyl adjacent to an activating group) is 2. The lowest BCUT2D eigenvalue weighted by Crippen LogP contribution is -2.35. The molecular formula is C53H66N12O4. The van der Waals surface area contributed by atoms with Crippen molar-refractivity contribution in [2.45, 2.75) is 58.3 Å². The first-order chi connectivity index (χ1) is 33.2. The third kappa shape index (κ3) is 12.2. The molecule has 1 aliphatic heterocycles. The summed E-state index contributed by atoms with van der Waals surface area (Å²) in [6.45, 7) is 8.89. The number of rotatable bonds is 14. The number of carbonyl (C=O) groups is 2. The van der Waals surface area contributed by atoms with E-state index in [2.05, 4.69) is 47.5 Å². The summed E-state index contributed by atoms with van der Waals surface area (Å²) in [6.07, 6.45) is 5.49. The smallest absolute Gasteiger partial charge is 0.276 e. The van der Waals surface area contributed by atoms with E-state index in [-0.39, 0.29) is 41.1 Å². The van der Waals surface area contributed by atoms with E-state index in [9.17, 15) is 19.2 Å². The molecule has 0 radical (unpaired) electrons. The topological polar surface area (TPSA) is 167 Å². The van der Waals surface area contributed by atoms with Gasteiger partial charge in [-0.2, -0.15) is 10.2 Å². The van der Waals surface area contributed by atoms with Crippen LogP contribution in [0.15, 0.2) is 125 Å². The molecule has 0 bridgehead atoms. The van der Waals surface area contributed by atoms with Crippen LogP contribution in [0.25, 0.3) is 21.8 Å². The molecule has 1 saturated heterocycles. The molecule has 8 rings (SSSR count). The zero-order chi connectivity index (χ0) is 49.8. The van der Waals surface area contributed by atoms with Crippen molar-refractivity contribution in [1.29, 1.82) is 0 Å². The van der Waals surface area contributed by atoms with E-state index in [1.54, 1.807) is 55.7 Å². The number of nitrogens with zero attached hydrogens (tertiary/aromatic N) is 10. The first kappa shape index (κ1) is 51.1. The van der Waals surface area contributed by atoms with Gasteiger partial charge in [0.25, 0.3) is 22.9 Å². The van der Waals surface area contributed by atoms with E-state index in [1.807, 2.05) is 133 Å². The van der Waals surface area contributed by atoms with E-state index in [0.717, 1.165) is 48.2 Å². The number of pyridine rings is 2. The second kappa shape index (κ2) is 23.6. The molecule has 1 fully saturated rings. The Hall–Kier alpha value is -7.30. The summed E-state index contributed by atoms with van der Waals surface area (Å²) in [5.74, 6) is 1.22. The van der Waals surface area contributed by atoms with Gasteiger partial charge in [0, 0.05) is 76.9 Å². The molecule has 3 atom stereocenters. The number of anilines is 2. The summed E-state index contributed by atoms with van der Waals surface area (Å²) >= 11 is 0. The van der Waals surface area contributed by atoms with Crippen LogP contribution >= 0.6 is 0 Å². The van der Waals surface area contributed by atoms with Gasteiger partial charge in [0.05, 0.1) is 22.9 Å². The number of amides is 2. The SMILES string of the molecule is CC.CN(C)C(CNc1nn(C)c(=O)c2cccnc12)c1ccc(C(=O)N2CCCC2)cc1.C[C@H](Nc1nn(C)c(=O)c2cccnc12)C(c1ccc(C(=O)N(C)Cc2ccccc2)cc1)N(C)C. The van der Waals surface area contributed by atoms with E-state index < -0.39 is 0 Å². The highest BCUT2D eigenvalue weighted by Gasteiger charge is 2.25. The van der Waals surface area contributed by atoms with Crippen LogP contribution in [-0.4, -0.2) is 122 Å². The number of likely N-dealkylation sites (tertiary alicyclic amines) is 1. The van der Waals surface area contributed by atoms with Crippen LogP contribution in [0.1, 0.15) is 83.1 Å². The van der Waals surface area contributed by atoms with Crippen molar-refractivity contribution < 1.29 is 9.59 Å². The second-order valence-electron chi connectivity index (χ2n) is 17.4. The van der Waals surface area contributed by atoms with Gasteiger partial charge < -0.3 is 30.2 Å². The standard InChI is InChI=1S/C28H32N6O2.C23H28N6O2.C2H6/c1-19(30-26-24-23(12-9-17-29-24)28(36)34(5)31-26)25(32(2)3)21-13-15-22(16-14-21)27(35)33(4)18-20-10-7-6-8-11-20;1-27(2)19(16-8-10-17(11-9-16)22(30)29-13-4-5-14-29)15-25-21-20-18(7-6-12-24-20)23(31)28(3)26-21;1-2/h6-17,19,25H,18H2,1-5H3,(H,30,31);6-12,19H,4-5,13-15H2,1-3H3,(H,25,26);1-2H3/t19-,25?;;/m0../s1. The van der Waals surface area contributed by atoms with Crippen molar-refractivity contribution in [1.82, 2.24) is 49.1 Å².